The lowest BCUT2D eigenvalue weighted by Crippen LogP contribution is -2.15. The molecule has 0 radical (unpaired) electrons. The maximum Gasteiger partial charge on any atom is 0.251 e. The van der Waals surface area contributed by atoms with Crippen LogP contribution in [0.1, 0.15) is 38.6 Å². The van der Waals surface area contributed by atoms with Crippen LogP contribution in [0.5, 0.6) is 0 Å². The summed E-state index contributed by atoms with van der Waals surface area (Å²) in [7, 11) is 0. The van der Waals surface area contributed by atoms with Gasteiger partial charge in [-0.3, -0.25) is 4.79 Å². The number of thiazole rings is 1. The number of anilines is 1. The van der Waals surface area contributed by atoms with Crippen LogP contribution in [0.15, 0.2) is 29.1 Å². The molecular weight excluding hydrogens is 396 g/mol. The summed E-state index contributed by atoms with van der Waals surface area (Å²) in [4.78, 5) is 18.8. The molecule has 1 amide bonds. The topological polar surface area (TPSA) is 91.8 Å². The van der Waals surface area contributed by atoms with E-state index in [0.717, 1.165) is 46.8 Å². The fraction of sp³-hybridized carbons (Fsp3) is 0.211. The van der Waals surface area contributed by atoms with Crippen LogP contribution in [-0.4, -0.2) is 10.9 Å². The molecule has 0 aliphatic heterocycles. The number of hydrogen-bond donors (Lipinski definition) is 2. The van der Waals surface area contributed by atoms with Gasteiger partial charge in [0.2, 0.25) is 0 Å². The lowest BCUT2D eigenvalue weighted by molar-refractivity contribution is 0.100. The van der Waals surface area contributed by atoms with Crippen LogP contribution in [0, 0.1) is 11.3 Å². The Labute approximate surface area is 168 Å². The molecule has 1 aliphatic rings. The molecule has 0 saturated carbocycles. The molecule has 0 bridgehead atoms. The van der Waals surface area contributed by atoms with E-state index >= 15 is 0 Å². The Balaban J connectivity index is 1.63. The highest BCUT2D eigenvalue weighted by atomic mass is 32.1. The number of thiophene rings is 2. The second-order valence-electron chi connectivity index (χ2n) is 6.11. The number of primary amides is 1. The van der Waals surface area contributed by atoms with Gasteiger partial charge in [0.05, 0.1) is 16.1 Å². The van der Waals surface area contributed by atoms with Crippen molar-refractivity contribution in [2.75, 3.05) is 5.32 Å². The molecule has 3 N–H and O–H groups in total. The van der Waals surface area contributed by atoms with Gasteiger partial charge in [-0.15, -0.1) is 34.0 Å². The Morgan fingerprint density at radius 1 is 1.33 bits per heavy atom. The Hall–Kier alpha value is -2.47. The van der Waals surface area contributed by atoms with Crippen molar-refractivity contribution in [2.24, 2.45) is 5.73 Å². The number of aryl methyl sites for hydroxylation is 1. The number of nitriles is 1. The van der Waals surface area contributed by atoms with E-state index in [1.54, 1.807) is 28.9 Å². The van der Waals surface area contributed by atoms with Gasteiger partial charge < -0.3 is 11.1 Å². The monoisotopic (exact) mass is 412 g/mol. The largest absolute Gasteiger partial charge is 0.365 e. The summed E-state index contributed by atoms with van der Waals surface area (Å²) < 4.78 is 0. The molecule has 27 heavy (non-hydrogen) atoms. The van der Waals surface area contributed by atoms with Gasteiger partial charge in [-0.25, -0.2) is 4.98 Å². The van der Waals surface area contributed by atoms with Crippen LogP contribution in [-0.2, 0) is 12.8 Å². The van der Waals surface area contributed by atoms with E-state index in [0.29, 0.717) is 16.1 Å². The van der Waals surface area contributed by atoms with Gasteiger partial charge in [-0.05, 0) is 42.7 Å². The summed E-state index contributed by atoms with van der Waals surface area (Å²) in [5.41, 5.74) is 8.57. The van der Waals surface area contributed by atoms with E-state index in [4.69, 9.17) is 5.73 Å². The maximum atomic E-state index is 12.0. The zero-order chi connectivity index (χ0) is 18.8. The van der Waals surface area contributed by atoms with Gasteiger partial charge in [0.15, 0.2) is 0 Å². The summed E-state index contributed by atoms with van der Waals surface area (Å²) in [5.74, 6) is -0.418. The predicted molar refractivity (Wildman–Crippen MR) is 112 cm³/mol. The van der Waals surface area contributed by atoms with E-state index in [1.807, 2.05) is 22.9 Å². The number of rotatable bonds is 5. The molecule has 136 valence electrons. The lowest BCUT2D eigenvalue weighted by Gasteiger charge is -2.11. The number of carbonyl (C=O) groups excluding carboxylic acids is 1. The molecule has 0 aromatic carbocycles. The molecule has 0 atom stereocenters. The molecule has 0 fully saturated rings. The smallest absolute Gasteiger partial charge is 0.251 e. The van der Waals surface area contributed by atoms with Crippen molar-refractivity contribution in [3.63, 3.8) is 0 Å². The first-order valence-electron chi connectivity index (χ1n) is 8.48. The first-order chi connectivity index (χ1) is 13.2. The summed E-state index contributed by atoms with van der Waals surface area (Å²) in [6.07, 6.45) is 5.70. The lowest BCUT2D eigenvalue weighted by atomic mass is 9.95. The summed E-state index contributed by atoms with van der Waals surface area (Å²) in [5, 5.41) is 18.0. The average Bonchev–Trinajstić information content (AvgIpc) is 3.40. The third-order valence-electron chi connectivity index (χ3n) is 4.39. The van der Waals surface area contributed by atoms with Gasteiger partial charge in [-0.1, -0.05) is 6.07 Å². The molecule has 8 heteroatoms. The average molecular weight is 413 g/mol. The Morgan fingerprint density at radius 3 is 2.93 bits per heavy atom. The first kappa shape index (κ1) is 17.9. The molecule has 3 aromatic rings. The van der Waals surface area contributed by atoms with Gasteiger partial charge in [0, 0.05) is 16.5 Å². The van der Waals surface area contributed by atoms with Crippen LogP contribution in [0.3, 0.4) is 0 Å². The number of nitrogens with zero attached hydrogens (tertiary/aromatic N) is 2. The minimum atomic E-state index is -0.418. The third-order valence-corrected chi connectivity index (χ3v) is 7.38. The van der Waals surface area contributed by atoms with Crippen LogP contribution in [0.4, 0.5) is 5.00 Å². The van der Waals surface area contributed by atoms with E-state index in [-0.39, 0.29) is 0 Å². The molecule has 3 aromatic heterocycles. The normalized spacial score (nSPS) is 13.8. The molecule has 4 rings (SSSR count). The number of nitrogens with one attached hydrogen (secondary N) is 1. The van der Waals surface area contributed by atoms with Crippen LogP contribution < -0.4 is 11.1 Å². The summed E-state index contributed by atoms with van der Waals surface area (Å²) >= 11 is 4.61. The van der Waals surface area contributed by atoms with E-state index in [2.05, 4.69) is 16.4 Å². The summed E-state index contributed by atoms with van der Waals surface area (Å²) in [6, 6.07) is 6.18. The number of aromatic nitrogens is 1. The number of fused-ring (bicyclic) bond motifs is 1. The number of carbonyl (C=O) groups is 1. The van der Waals surface area contributed by atoms with Crippen molar-refractivity contribution in [3.05, 3.63) is 50.1 Å². The van der Waals surface area contributed by atoms with Crippen molar-refractivity contribution in [1.82, 2.24) is 4.98 Å². The SMILES string of the molecule is N#C/C(=C\Nc1sc2c(c1C(N)=O)CCCC2)c1nc(-c2cccs2)cs1. The third kappa shape index (κ3) is 3.54. The Bertz CT molecular complexity index is 1050. The zero-order valence-electron chi connectivity index (χ0n) is 14.3. The van der Waals surface area contributed by atoms with Crippen LogP contribution in [0.25, 0.3) is 16.1 Å². The minimum absolute atomic E-state index is 0.418. The Kier molecular flexibility index (Phi) is 5.07. The van der Waals surface area contributed by atoms with Gasteiger partial charge >= 0.3 is 0 Å². The highest BCUT2D eigenvalue weighted by Crippen LogP contribution is 2.38. The van der Waals surface area contributed by atoms with Crippen molar-refractivity contribution < 1.29 is 4.79 Å². The second kappa shape index (κ2) is 7.64. The van der Waals surface area contributed by atoms with Crippen molar-refractivity contribution >= 4 is 50.5 Å². The van der Waals surface area contributed by atoms with Crippen molar-refractivity contribution in [1.29, 1.82) is 5.26 Å². The van der Waals surface area contributed by atoms with Gasteiger partial charge in [0.1, 0.15) is 21.7 Å². The standard InChI is InChI=1S/C19H16N4OS3/c20-8-11(18-23-13(10-26-18)15-6-3-7-25-15)9-22-19-16(17(21)24)12-4-1-2-5-14(12)27-19/h3,6-7,9-10,22H,1-2,4-5H2,(H2,21,24)/b11-9+. The van der Waals surface area contributed by atoms with E-state index in [9.17, 15) is 10.1 Å². The fourth-order valence-corrected chi connectivity index (χ4v) is 5.95. The van der Waals surface area contributed by atoms with Crippen LogP contribution >= 0.6 is 34.0 Å². The molecule has 0 unspecified atom stereocenters. The molecule has 5 nitrogen and oxygen atoms in total. The number of hydrogen-bond acceptors (Lipinski definition) is 7. The maximum absolute atomic E-state index is 12.0. The van der Waals surface area contributed by atoms with Gasteiger partial charge in [0.25, 0.3) is 5.91 Å². The van der Waals surface area contributed by atoms with E-state index in [1.165, 1.54) is 16.2 Å². The van der Waals surface area contributed by atoms with E-state index < -0.39 is 5.91 Å². The first-order valence-corrected chi connectivity index (χ1v) is 11.1. The van der Waals surface area contributed by atoms with Crippen molar-refractivity contribution in [2.45, 2.75) is 25.7 Å². The molecule has 1 aliphatic carbocycles. The second-order valence-corrected chi connectivity index (χ2v) is 9.02. The highest BCUT2D eigenvalue weighted by molar-refractivity contribution is 7.17. The number of nitrogens with two attached hydrogens (primary N) is 1. The van der Waals surface area contributed by atoms with Crippen LogP contribution in [0.2, 0.25) is 0 Å². The number of allylic oxidation sites excluding steroid dienone is 1. The van der Waals surface area contributed by atoms with Crippen molar-refractivity contribution in [3.8, 4) is 16.6 Å². The predicted octanol–water partition coefficient (Wildman–Crippen LogP) is 4.89. The quantitative estimate of drug-likeness (QED) is 0.584. The Morgan fingerprint density at radius 2 is 2.19 bits per heavy atom. The number of amides is 1. The highest BCUT2D eigenvalue weighted by Gasteiger charge is 2.23. The minimum Gasteiger partial charge on any atom is -0.365 e. The molecule has 0 spiro atoms. The molecule has 3 heterocycles. The molecule has 0 saturated heterocycles. The molecular formula is C19H16N4OS3. The zero-order valence-corrected chi connectivity index (χ0v) is 16.8. The summed E-state index contributed by atoms with van der Waals surface area (Å²) in [6.45, 7) is 0. The fourth-order valence-electron chi connectivity index (χ4n) is 3.14. The van der Waals surface area contributed by atoms with Gasteiger partial charge in [-0.2, -0.15) is 5.26 Å².